The molecule has 17 heteroatoms. The molecular formula is C55H29F13N4. The van der Waals surface area contributed by atoms with Gasteiger partial charge in [-0.05, 0) is 106 Å². The molecule has 72 heavy (non-hydrogen) atoms. The number of hydrogen-bond acceptors (Lipinski definition) is 3. The van der Waals surface area contributed by atoms with E-state index in [0.29, 0.717) is 57.8 Å². The molecule has 4 nitrogen and oxygen atoms in total. The predicted molar refractivity (Wildman–Crippen MR) is 247 cm³/mol. The van der Waals surface area contributed by atoms with Crippen LogP contribution in [0.2, 0.25) is 0 Å². The summed E-state index contributed by atoms with van der Waals surface area (Å²) in [6.45, 7) is 0. The number of benzene rings is 8. The molecule has 0 saturated carbocycles. The molecule has 0 radical (unpaired) electrons. The van der Waals surface area contributed by atoms with Crippen LogP contribution in [-0.4, -0.2) is 19.5 Å². The number of hydrogen-bond donors (Lipinski definition) is 0. The quantitative estimate of drug-likeness (QED) is 0.149. The minimum absolute atomic E-state index is 0.0144. The van der Waals surface area contributed by atoms with Crippen molar-refractivity contribution in [2.75, 3.05) is 0 Å². The number of alkyl halides is 12. The Morgan fingerprint density at radius 2 is 0.750 bits per heavy atom. The maximum Gasteiger partial charge on any atom is 0.417 e. The van der Waals surface area contributed by atoms with Gasteiger partial charge in [0.25, 0.3) is 0 Å². The van der Waals surface area contributed by atoms with Crippen LogP contribution in [0.15, 0.2) is 176 Å². The first-order chi connectivity index (χ1) is 34.1. The molecule has 0 N–H and O–H groups in total. The molecular weight excluding hydrogens is 964 g/mol. The number of aromatic nitrogens is 4. The Bertz CT molecular complexity index is 3520. The monoisotopic (exact) mass is 992 g/mol. The third-order valence-corrected chi connectivity index (χ3v) is 12.0. The van der Waals surface area contributed by atoms with Crippen molar-refractivity contribution >= 4 is 21.8 Å². The molecule has 0 saturated heterocycles. The highest BCUT2D eigenvalue weighted by Crippen LogP contribution is 2.46. The van der Waals surface area contributed by atoms with Crippen molar-refractivity contribution in [3.05, 3.63) is 204 Å². The molecule has 0 amide bonds. The van der Waals surface area contributed by atoms with Gasteiger partial charge < -0.3 is 4.57 Å². The molecule has 360 valence electrons. The van der Waals surface area contributed by atoms with E-state index in [9.17, 15) is 57.1 Å². The highest BCUT2D eigenvalue weighted by Gasteiger charge is 2.40. The maximum atomic E-state index is 15.0. The molecule has 0 aliphatic rings. The second-order valence-electron chi connectivity index (χ2n) is 16.6. The van der Waals surface area contributed by atoms with Crippen LogP contribution in [0.3, 0.4) is 0 Å². The zero-order valence-corrected chi connectivity index (χ0v) is 36.4. The summed E-state index contributed by atoms with van der Waals surface area (Å²) in [5.41, 5.74) is -4.81. The van der Waals surface area contributed by atoms with Gasteiger partial charge in [-0.15, -0.1) is 0 Å². The molecule has 0 spiro atoms. The van der Waals surface area contributed by atoms with Crippen LogP contribution in [0.1, 0.15) is 22.3 Å². The average molecular weight is 993 g/mol. The first-order valence-corrected chi connectivity index (χ1v) is 21.6. The molecule has 0 aliphatic heterocycles. The summed E-state index contributed by atoms with van der Waals surface area (Å²) in [6.07, 6.45) is -20.8. The highest BCUT2D eigenvalue weighted by molar-refractivity contribution is 6.12. The van der Waals surface area contributed by atoms with E-state index >= 15 is 0 Å². The standard InChI is InChI=1S/C55H29F13N4/c56-37-13-7-12-32(24-37)39-21-18-38(29-44(39)51-70-49(30-8-3-1-4-9-30)69-50(71-51)31-10-5-2-6-11-31)72-47-22-14-33(40-19-16-35(52(57,58)59)27-45(40)54(63,64)65)25-42(47)43-26-34(15-23-48(43)72)41-20-17-36(53(60,61)62)28-46(41)55(66,67)68/h1-29H. The molecule has 8 aromatic carbocycles. The van der Waals surface area contributed by atoms with Crippen LogP contribution in [0.25, 0.3) is 95.0 Å². The van der Waals surface area contributed by atoms with Crippen LogP contribution in [0, 0.1) is 5.82 Å². The molecule has 0 fully saturated rings. The number of rotatable bonds is 7. The van der Waals surface area contributed by atoms with Gasteiger partial charge in [-0.2, -0.15) is 52.7 Å². The van der Waals surface area contributed by atoms with E-state index in [-0.39, 0.29) is 62.5 Å². The van der Waals surface area contributed by atoms with Crippen LogP contribution < -0.4 is 0 Å². The lowest BCUT2D eigenvalue weighted by Gasteiger charge is -2.17. The molecule has 10 rings (SSSR count). The first kappa shape index (κ1) is 47.3. The van der Waals surface area contributed by atoms with E-state index in [0.717, 1.165) is 0 Å². The molecule has 0 bridgehead atoms. The Morgan fingerprint density at radius 3 is 1.19 bits per heavy atom. The second-order valence-corrected chi connectivity index (χ2v) is 16.6. The van der Waals surface area contributed by atoms with Crippen molar-refractivity contribution in [1.29, 1.82) is 0 Å². The fourth-order valence-electron chi connectivity index (χ4n) is 8.74. The van der Waals surface area contributed by atoms with E-state index in [1.165, 1.54) is 54.6 Å². The molecule has 2 aromatic heterocycles. The van der Waals surface area contributed by atoms with Crippen molar-refractivity contribution in [1.82, 2.24) is 19.5 Å². The van der Waals surface area contributed by atoms with Gasteiger partial charge in [0, 0.05) is 33.2 Å². The third-order valence-electron chi connectivity index (χ3n) is 12.0. The first-order valence-electron chi connectivity index (χ1n) is 21.6. The zero-order valence-electron chi connectivity index (χ0n) is 36.4. The summed E-state index contributed by atoms with van der Waals surface area (Å²) >= 11 is 0. The lowest BCUT2D eigenvalue weighted by molar-refractivity contribution is -0.144. The van der Waals surface area contributed by atoms with Crippen LogP contribution in [0.4, 0.5) is 57.1 Å². The lowest BCUT2D eigenvalue weighted by atomic mass is 9.94. The largest absolute Gasteiger partial charge is 0.417 e. The normalized spacial score (nSPS) is 12.5. The smallest absolute Gasteiger partial charge is 0.309 e. The van der Waals surface area contributed by atoms with Gasteiger partial charge in [0.1, 0.15) is 5.82 Å². The summed E-state index contributed by atoms with van der Waals surface area (Å²) in [6, 6.07) is 38.7. The Kier molecular flexibility index (Phi) is 11.5. The minimum Gasteiger partial charge on any atom is -0.309 e. The van der Waals surface area contributed by atoms with Crippen molar-refractivity contribution in [3.63, 3.8) is 0 Å². The average Bonchev–Trinajstić information content (AvgIpc) is 3.68. The van der Waals surface area contributed by atoms with Crippen molar-refractivity contribution in [3.8, 4) is 73.2 Å². The molecule has 0 atom stereocenters. The van der Waals surface area contributed by atoms with Crippen LogP contribution in [-0.2, 0) is 24.7 Å². The van der Waals surface area contributed by atoms with Gasteiger partial charge in [0.15, 0.2) is 17.5 Å². The Hall–Kier alpha value is -8.34. The summed E-state index contributed by atoms with van der Waals surface area (Å²) < 4.78 is 187. The Balaban J connectivity index is 1.26. The summed E-state index contributed by atoms with van der Waals surface area (Å²) in [4.78, 5) is 14.6. The molecule has 0 unspecified atom stereocenters. The van der Waals surface area contributed by atoms with E-state index < -0.39 is 63.9 Å². The molecule has 10 aromatic rings. The maximum absolute atomic E-state index is 15.0. The van der Waals surface area contributed by atoms with Crippen molar-refractivity contribution < 1.29 is 57.1 Å². The van der Waals surface area contributed by atoms with Gasteiger partial charge >= 0.3 is 24.7 Å². The fraction of sp³-hybridized carbons (Fsp3) is 0.0727. The Labute approximate surface area is 399 Å². The van der Waals surface area contributed by atoms with Crippen LogP contribution in [0.5, 0.6) is 0 Å². The minimum atomic E-state index is -5.28. The topological polar surface area (TPSA) is 43.6 Å². The van der Waals surface area contributed by atoms with Crippen LogP contribution >= 0.6 is 0 Å². The number of fused-ring (bicyclic) bond motifs is 3. The number of halogens is 13. The highest BCUT2D eigenvalue weighted by atomic mass is 19.4. The van der Waals surface area contributed by atoms with E-state index in [1.54, 1.807) is 77.4 Å². The fourth-order valence-corrected chi connectivity index (χ4v) is 8.74. The number of nitrogens with zero attached hydrogens (tertiary/aromatic N) is 4. The summed E-state index contributed by atoms with van der Waals surface area (Å²) in [7, 11) is 0. The summed E-state index contributed by atoms with van der Waals surface area (Å²) in [5.74, 6) is 0.105. The predicted octanol–water partition coefficient (Wildman–Crippen LogP) is 17.2. The van der Waals surface area contributed by atoms with E-state index in [1.807, 2.05) is 12.1 Å². The molecule has 0 aliphatic carbocycles. The van der Waals surface area contributed by atoms with Gasteiger partial charge in [0.05, 0.1) is 33.3 Å². The zero-order chi connectivity index (χ0) is 50.9. The van der Waals surface area contributed by atoms with Crippen molar-refractivity contribution in [2.45, 2.75) is 24.7 Å². The van der Waals surface area contributed by atoms with Crippen molar-refractivity contribution in [2.24, 2.45) is 0 Å². The van der Waals surface area contributed by atoms with Gasteiger partial charge in [0.2, 0.25) is 0 Å². The van der Waals surface area contributed by atoms with E-state index in [2.05, 4.69) is 0 Å². The van der Waals surface area contributed by atoms with Gasteiger partial charge in [-0.3, -0.25) is 0 Å². The summed E-state index contributed by atoms with van der Waals surface area (Å²) in [5, 5.41) is 0.206. The lowest BCUT2D eigenvalue weighted by Crippen LogP contribution is -2.12. The van der Waals surface area contributed by atoms with Gasteiger partial charge in [-0.1, -0.05) is 103 Å². The Morgan fingerprint density at radius 1 is 0.319 bits per heavy atom. The third kappa shape index (κ3) is 9.01. The van der Waals surface area contributed by atoms with E-state index in [4.69, 9.17) is 15.0 Å². The van der Waals surface area contributed by atoms with Gasteiger partial charge in [-0.25, -0.2) is 19.3 Å². The SMILES string of the molecule is Fc1cccc(-c2ccc(-n3c4ccc(-c5ccc(C(F)(F)F)cc5C(F)(F)F)cc4c4cc(-c5ccc(C(F)(F)F)cc5C(F)(F)F)ccc43)cc2-c2nc(-c3ccccc3)nc(-c3ccccc3)n2)c1. The second kappa shape index (κ2) is 17.5. The molecule has 2 heterocycles.